The summed E-state index contributed by atoms with van der Waals surface area (Å²) in [6.07, 6.45) is 15.0. The Kier molecular flexibility index (Phi) is 17.0. The molecule has 316 valence electrons. The summed E-state index contributed by atoms with van der Waals surface area (Å²) in [5.74, 6) is -0.212. The second kappa shape index (κ2) is 20.9. The average molecular weight is 845 g/mol. The summed E-state index contributed by atoms with van der Waals surface area (Å²) in [5.41, 5.74) is 0.582. The first kappa shape index (κ1) is 46.4. The third-order valence-corrected chi connectivity index (χ3v) is 8.53. The fourth-order valence-electron chi connectivity index (χ4n) is 5.02. The van der Waals surface area contributed by atoms with Crippen molar-refractivity contribution in [1.29, 1.82) is 0 Å². The number of azo groups is 2. The molecular formula is C32H48N10O13S2. The third kappa shape index (κ3) is 15.4. The zero-order chi connectivity index (χ0) is 42.3. The second-order valence-electron chi connectivity index (χ2n) is 12.8. The average Bonchev–Trinajstić information content (AvgIpc) is 3.91. The highest BCUT2D eigenvalue weighted by molar-refractivity contribution is 8.09. The lowest BCUT2D eigenvalue weighted by Crippen LogP contribution is -2.29. The zero-order valence-corrected chi connectivity index (χ0v) is 33.5. The van der Waals surface area contributed by atoms with Crippen molar-refractivity contribution < 1.29 is 55.0 Å². The van der Waals surface area contributed by atoms with Gasteiger partial charge in [-0.25, -0.2) is 41.2 Å². The first-order valence-corrected chi connectivity index (χ1v) is 21.3. The summed E-state index contributed by atoms with van der Waals surface area (Å²) >= 11 is 0. The van der Waals surface area contributed by atoms with Crippen LogP contribution in [-0.2, 0) is 66.5 Å². The van der Waals surface area contributed by atoms with Crippen LogP contribution in [0, 0.1) is 0 Å². The number of nitrogens with zero attached hydrogens (tertiary/aromatic N) is 10. The maximum atomic E-state index is 12.1. The van der Waals surface area contributed by atoms with Crippen LogP contribution in [0.25, 0.3) is 0 Å². The Morgan fingerprint density at radius 2 is 1.26 bits per heavy atom. The number of fused-ring (bicyclic) bond motifs is 2. The van der Waals surface area contributed by atoms with E-state index in [0.29, 0.717) is 37.6 Å². The molecule has 0 amide bonds. The van der Waals surface area contributed by atoms with Gasteiger partial charge in [0, 0.05) is 64.2 Å². The predicted octanol–water partition coefficient (Wildman–Crippen LogP) is 3.18. The van der Waals surface area contributed by atoms with Crippen molar-refractivity contribution in [2.45, 2.75) is 64.7 Å². The van der Waals surface area contributed by atoms with Gasteiger partial charge >= 0.3 is 0 Å². The number of hydrogen-bond donors (Lipinski definition) is 4. The van der Waals surface area contributed by atoms with E-state index in [1.165, 1.54) is 28.4 Å². The molecule has 1 saturated heterocycles. The van der Waals surface area contributed by atoms with Gasteiger partial charge in [0.2, 0.25) is 33.5 Å². The Balaban J connectivity index is 0.000000216. The van der Waals surface area contributed by atoms with Crippen LogP contribution in [0.15, 0.2) is 79.1 Å². The molecule has 7 heterocycles. The summed E-state index contributed by atoms with van der Waals surface area (Å²) in [4.78, 5) is 28.1. The highest BCUT2D eigenvalue weighted by Gasteiger charge is 2.23. The van der Waals surface area contributed by atoms with E-state index in [0.717, 1.165) is 58.5 Å². The highest BCUT2D eigenvalue weighted by atomic mass is 32.3. The number of pyridine rings is 2. The van der Waals surface area contributed by atoms with Gasteiger partial charge in [0.05, 0.1) is 13.3 Å². The maximum Gasteiger partial charge on any atom is 0.298 e. The fraction of sp³-hybridized carbons (Fsp3) is 0.500. The largest absolute Gasteiger partial charge is 0.726 e. The van der Waals surface area contributed by atoms with E-state index in [9.17, 15) is 37.0 Å². The number of hydrogen-bond acceptors (Lipinski definition) is 17. The van der Waals surface area contributed by atoms with E-state index in [1.807, 2.05) is 23.9 Å². The quantitative estimate of drug-likeness (QED) is 0.0541. The van der Waals surface area contributed by atoms with Crippen LogP contribution in [0.4, 0.5) is 22.7 Å². The Hall–Kier alpha value is -5.02. The number of aryl methyl sites for hydroxylation is 1. The molecule has 3 aliphatic heterocycles. The third-order valence-electron chi connectivity index (χ3n) is 7.69. The summed E-state index contributed by atoms with van der Waals surface area (Å²) in [6.45, 7) is 4.48. The second-order valence-corrected chi connectivity index (χ2v) is 17.4. The van der Waals surface area contributed by atoms with Gasteiger partial charge in [-0.15, -0.1) is 24.8 Å². The van der Waals surface area contributed by atoms with Gasteiger partial charge in [-0.05, 0) is 56.7 Å². The van der Waals surface area contributed by atoms with E-state index in [-0.39, 0.29) is 34.3 Å². The van der Waals surface area contributed by atoms with E-state index < -0.39 is 20.0 Å². The number of aromatic hydroxyl groups is 2. The van der Waals surface area contributed by atoms with Crippen molar-refractivity contribution in [1.82, 2.24) is 23.7 Å². The van der Waals surface area contributed by atoms with Gasteiger partial charge in [-0.3, -0.25) is 18.8 Å². The van der Waals surface area contributed by atoms with E-state index in [4.69, 9.17) is 14.5 Å². The first-order chi connectivity index (χ1) is 26.8. The first-order valence-electron chi connectivity index (χ1n) is 17.3. The summed E-state index contributed by atoms with van der Waals surface area (Å²) in [5, 5.41) is 43.5. The van der Waals surface area contributed by atoms with Crippen LogP contribution in [-0.4, -0.2) is 93.7 Å². The predicted molar refractivity (Wildman–Crippen MR) is 202 cm³/mol. The SMILES string of the molecule is C1CCOC1.COS(=O)(=O)[O-].CS(C)(=O)(O)OO.C[n+]1cccc(N=Nc2c(O)n3n(c2=O)CCCC3)c1.O=c1c(N=Nc2cccnc2)c(O)n2n1CCCC2. The normalized spacial score (nSPS) is 15.6. The Morgan fingerprint density at radius 1 is 0.825 bits per heavy atom. The number of rotatable bonds is 6. The monoisotopic (exact) mass is 844 g/mol. The number of aromatic nitrogens is 6. The molecule has 0 aromatic carbocycles. The van der Waals surface area contributed by atoms with Crippen LogP contribution < -0.4 is 15.7 Å². The van der Waals surface area contributed by atoms with Gasteiger partial charge < -0.3 is 24.1 Å². The van der Waals surface area contributed by atoms with Crippen molar-refractivity contribution in [2.75, 3.05) is 32.8 Å². The smallest absolute Gasteiger partial charge is 0.298 e. The van der Waals surface area contributed by atoms with Crippen LogP contribution in [0.5, 0.6) is 11.8 Å². The molecule has 0 unspecified atom stereocenters. The minimum atomic E-state index is -4.41. The lowest BCUT2D eigenvalue weighted by atomic mass is 10.3. The molecule has 23 nitrogen and oxygen atoms in total. The minimum Gasteiger partial charge on any atom is -0.726 e. The Morgan fingerprint density at radius 3 is 1.61 bits per heavy atom. The van der Waals surface area contributed by atoms with Gasteiger partial charge in [-0.1, -0.05) is 0 Å². The molecule has 3 aliphatic rings. The van der Waals surface area contributed by atoms with Crippen LogP contribution >= 0.6 is 0 Å². The molecular weight excluding hydrogens is 797 g/mol. The van der Waals surface area contributed by atoms with Gasteiger partial charge in [0.1, 0.15) is 28.0 Å². The lowest BCUT2D eigenvalue weighted by Gasteiger charge is -2.20. The summed E-state index contributed by atoms with van der Waals surface area (Å²) < 4.78 is 65.8. The molecule has 7 rings (SSSR count). The molecule has 25 heteroatoms. The molecule has 0 aliphatic carbocycles. The molecule has 4 N–H and O–H groups in total. The van der Waals surface area contributed by atoms with Crippen molar-refractivity contribution in [3.05, 3.63) is 69.8 Å². The molecule has 0 saturated carbocycles. The van der Waals surface area contributed by atoms with Crippen molar-refractivity contribution in [3.63, 3.8) is 0 Å². The molecule has 0 bridgehead atoms. The van der Waals surface area contributed by atoms with Crippen LogP contribution in [0.1, 0.15) is 38.5 Å². The molecule has 0 radical (unpaired) electrons. The van der Waals surface area contributed by atoms with Crippen LogP contribution in [0.2, 0.25) is 0 Å². The van der Waals surface area contributed by atoms with Gasteiger partial charge in [0.15, 0.2) is 12.4 Å². The topological polar surface area (TPSA) is 303 Å². The van der Waals surface area contributed by atoms with Crippen molar-refractivity contribution in [2.24, 2.45) is 27.5 Å². The van der Waals surface area contributed by atoms with Crippen LogP contribution in [0.3, 0.4) is 0 Å². The fourth-order valence-corrected chi connectivity index (χ4v) is 5.02. The van der Waals surface area contributed by atoms with E-state index in [1.54, 1.807) is 40.0 Å². The molecule has 4 aromatic rings. The van der Waals surface area contributed by atoms with E-state index in [2.05, 4.69) is 34.0 Å². The lowest BCUT2D eigenvalue weighted by molar-refractivity contribution is -0.670. The summed E-state index contributed by atoms with van der Waals surface area (Å²) in [6, 6.07) is 7.08. The summed E-state index contributed by atoms with van der Waals surface area (Å²) in [7, 11) is -5.79. The molecule has 0 spiro atoms. The Labute approximate surface area is 327 Å². The van der Waals surface area contributed by atoms with Crippen molar-refractivity contribution in [3.8, 4) is 11.8 Å². The molecule has 1 fully saturated rings. The van der Waals surface area contributed by atoms with Crippen molar-refractivity contribution >= 4 is 42.8 Å². The zero-order valence-electron chi connectivity index (χ0n) is 31.9. The standard InChI is InChI=1S/C13H15N5O2.C12H13N5O2.C4H8O.C2H8O4S.CH4O4S/c1-16-6-4-5-10(9-16)14-15-11-12(19)17-7-2-3-8-18(17)13(11)20;18-11-10(15-14-9-4-3-5-13-8-9)12(19)17-7-2-1-6-16(11)17;1-2-4-5-3-1;1-7(2,4,5)6-3;1-5-6(2,3)4/h4-6,9H,2-3,7-8H2,1H3;3-5,8,18H,1-2,6-7H2;1-4H2;3H,1-2H3,(H,4,5);1H3,(H,2,3,4). The Bertz CT molecular complexity index is 2260. The van der Waals surface area contributed by atoms with Gasteiger partial charge in [-0.2, -0.15) is 0 Å². The van der Waals surface area contributed by atoms with E-state index >= 15 is 0 Å². The molecule has 0 atom stereocenters. The molecule has 57 heavy (non-hydrogen) atoms. The van der Waals surface area contributed by atoms with Gasteiger partial charge in [0.25, 0.3) is 11.1 Å². The minimum absolute atomic E-state index is 0.00856. The molecule has 4 aromatic heterocycles. The number of ether oxygens (including phenoxy) is 1. The maximum absolute atomic E-state index is 12.1. The highest BCUT2D eigenvalue weighted by Crippen LogP contribution is 2.28.